The Labute approximate surface area is 193 Å². The highest BCUT2D eigenvalue weighted by molar-refractivity contribution is 5.97. The lowest BCUT2D eigenvalue weighted by Crippen LogP contribution is -2.25. The van der Waals surface area contributed by atoms with Crippen molar-refractivity contribution in [3.8, 4) is 11.5 Å². The number of amides is 1. The Bertz CT molecular complexity index is 1300. The molecule has 1 aliphatic heterocycles. The minimum absolute atomic E-state index is 0.0239. The molecule has 1 saturated heterocycles. The van der Waals surface area contributed by atoms with Crippen molar-refractivity contribution in [3.05, 3.63) is 84.2 Å². The lowest BCUT2D eigenvalue weighted by atomic mass is 10.1. The maximum atomic E-state index is 13.0. The molecule has 0 spiro atoms. The van der Waals surface area contributed by atoms with Crippen molar-refractivity contribution in [2.24, 2.45) is 0 Å². The van der Waals surface area contributed by atoms with Gasteiger partial charge in [-0.05, 0) is 42.8 Å². The summed E-state index contributed by atoms with van der Waals surface area (Å²) in [4.78, 5) is 19.8. The van der Waals surface area contributed by atoms with Crippen molar-refractivity contribution in [1.82, 2.24) is 9.55 Å². The number of imidazole rings is 1. The van der Waals surface area contributed by atoms with Crippen LogP contribution in [-0.4, -0.2) is 35.7 Å². The van der Waals surface area contributed by atoms with E-state index in [4.69, 9.17) is 14.5 Å². The van der Waals surface area contributed by atoms with Crippen LogP contribution in [0.15, 0.2) is 72.8 Å². The summed E-state index contributed by atoms with van der Waals surface area (Å²) in [5.74, 6) is 2.52. The second-order valence-electron chi connectivity index (χ2n) is 8.30. The Morgan fingerprint density at radius 1 is 0.970 bits per heavy atom. The number of aryl methyl sites for hydroxylation is 1. The highest BCUT2D eigenvalue weighted by Crippen LogP contribution is 2.34. The Morgan fingerprint density at radius 2 is 1.70 bits per heavy atom. The molecular formula is C27H27N3O3. The number of rotatable bonds is 7. The molecule has 0 N–H and O–H groups in total. The van der Waals surface area contributed by atoms with Crippen LogP contribution in [0.1, 0.15) is 23.7 Å². The highest BCUT2D eigenvalue weighted by Gasteiger charge is 2.35. The Balaban J connectivity index is 1.41. The number of ether oxygens (including phenoxy) is 2. The number of carbonyl (C=O) groups excluding carboxylic acids is 1. The third kappa shape index (κ3) is 4.04. The van der Waals surface area contributed by atoms with Crippen LogP contribution >= 0.6 is 0 Å². The number of fused-ring (bicyclic) bond motifs is 1. The number of hydrogen-bond acceptors (Lipinski definition) is 4. The molecule has 2 heterocycles. The molecule has 5 rings (SSSR count). The Kier molecular flexibility index (Phi) is 5.73. The molecule has 1 aliphatic rings. The average molecular weight is 442 g/mol. The average Bonchev–Trinajstić information content (AvgIpc) is 3.40. The zero-order chi connectivity index (χ0) is 22.8. The van der Waals surface area contributed by atoms with Crippen LogP contribution in [0.3, 0.4) is 0 Å². The molecule has 4 aromatic rings. The Hall–Kier alpha value is -3.80. The summed E-state index contributed by atoms with van der Waals surface area (Å²) in [6.07, 6.45) is 0.449. The molecule has 0 saturated carbocycles. The van der Waals surface area contributed by atoms with Gasteiger partial charge in [0.2, 0.25) is 5.91 Å². The van der Waals surface area contributed by atoms with E-state index >= 15 is 0 Å². The lowest BCUT2D eigenvalue weighted by Gasteiger charge is -2.19. The summed E-state index contributed by atoms with van der Waals surface area (Å²) in [5.41, 5.74) is 4.07. The van der Waals surface area contributed by atoms with Crippen LogP contribution in [0.25, 0.3) is 11.0 Å². The minimum atomic E-state index is 0.0239. The normalized spacial score (nSPS) is 15.9. The largest absolute Gasteiger partial charge is 0.493 e. The van der Waals surface area contributed by atoms with E-state index in [2.05, 4.69) is 10.6 Å². The van der Waals surface area contributed by atoms with E-state index in [9.17, 15) is 4.79 Å². The molecule has 0 radical (unpaired) electrons. The van der Waals surface area contributed by atoms with Crippen molar-refractivity contribution >= 4 is 22.6 Å². The highest BCUT2D eigenvalue weighted by atomic mass is 16.5. The first-order valence-corrected chi connectivity index (χ1v) is 11.2. The van der Waals surface area contributed by atoms with Crippen LogP contribution in [0, 0.1) is 6.92 Å². The van der Waals surface area contributed by atoms with Gasteiger partial charge >= 0.3 is 0 Å². The van der Waals surface area contributed by atoms with Crippen LogP contribution in [0.2, 0.25) is 0 Å². The number of para-hydroxylation sites is 5. The summed E-state index contributed by atoms with van der Waals surface area (Å²) in [5, 5.41) is 0. The fourth-order valence-corrected chi connectivity index (χ4v) is 4.61. The topological polar surface area (TPSA) is 56.6 Å². The van der Waals surface area contributed by atoms with E-state index in [1.165, 1.54) is 0 Å². The molecule has 1 fully saturated rings. The van der Waals surface area contributed by atoms with E-state index in [0.717, 1.165) is 28.1 Å². The molecule has 1 amide bonds. The van der Waals surface area contributed by atoms with E-state index in [-0.39, 0.29) is 11.8 Å². The van der Waals surface area contributed by atoms with Gasteiger partial charge in [-0.1, -0.05) is 42.5 Å². The van der Waals surface area contributed by atoms with Crippen molar-refractivity contribution in [1.29, 1.82) is 0 Å². The van der Waals surface area contributed by atoms with Gasteiger partial charge < -0.3 is 18.9 Å². The molecule has 1 aromatic heterocycles. The van der Waals surface area contributed by atoms with Crippen molar-refractivity contribution < 1.29 is 14.3 Å². The van der Waals surface area contributed by atoms with Gasteiger partial charge in [-0.3, -0.25) is 4.79 Å². The second kappa shape index (κ2) is 8.98. The summed E-state index contributed by atoms with van der Waals surface area (Å²) >= 11 is 0. The fraction of sp³-hybridized carbons (Fsp3) is 0.259. The summed E-state index contributed by atoms with van der Waals surface area (Å²) < 4.78 is 13.6. The fourth-order valence-electron chi connectivity index (χ4n) is 4.61. The SMILES string of the molecule is COc1ccccc1OCCn1c(C2CC(=O)N(c3ccccc3C)C2)nc2ccccc21. The molecule has 1 unspecified atom stereocenters. The van der Waals surface area contributed by atoms with E-state index in [0.29, 0.717) is 37.6 Å². The number of methoxy groups -OCH3 is 1. The van der Waals surface area contributed by atoms with E-state index in [1.54, 1.807) is 7.11 Å². The maximum absolute atomic E-state index is 13.0. The lowest BCUT2D eigenvalue weighted by molar-refractivity contribution is -0.117. The summed E-state index contributed by atoms with van der Waals surface area (Å²) in [6, 6.07) is 23.8. The first-order chi connectivity index (χ1) is 16.2. The van der Waals surface area contributed by atoms with Crippen LogP contribution < -0.4 is 14.4 Å². The van der Waals surface area contributed by atoms with Gasteiger partial charge in [0.15, 0.2) is 11.5 Å². The standard InChI is InChI=1S/C27H27N3O3/c1-19-9-3-5-11-22(19)30-18-20(17-26(30)31)27-28-21-10-4-6-12-23(21)29(27)15-16-33-25-14-8-7-13-24(25)32-2/h3-14,20H,15-18H2,1-2H3. The number of benzene rings is 3. The molecule has 0 bridgehead atoms. The van der Waals surface area contributed by atoms with E-state index in [1.807, 2.05) is 78.6 Å². The van der Waals surface area contributed by atoms with Gasteiger partial charge in [0, 0.05) is 24.6 Å². The quantitative estimate of drug-likeness (QED) is 0.407. The maximum Gasteiger partial charge on any atom is 0.227 e. The predicted molar refractivity (Wildman–Crippen MR) is 129 cm³/mol. The number of anilines is 1. The van der Waals surface area contributed by atoms with Gasteiger partial charge in [0.1, 0.15) is 12.4 Å². The molecule has 6 nitrogen and oxygen atoms in total. The van der Waals surface area contributed by atoms with Crippen LogP contribution in [0.5, 0.6) is 11.5 Å². The van der Waals surface area contributed by atoms with Crippen LogP contribution in [0.4, 0.5) is 5.69 Å². The van der Waals surface area contributed by atoms with Gasteiger partial charge in [-0.15, -0.1) is 0 Å². The Morgan fingerprint density at radius 3 is 2.52 bits per heavy atom. The molecule has 1 atom stereocenters. The monoisotopic (exact) mass is 441 g/mol. The van der Waals surface area contributed by atoms with Crippen LogP contribution in [-0.2, 0) is 11.3 Å². The third-order valence-corrected chi connectivity index (χ3v) is 6.22. The predicted octanol–water partition coefficient (Wildman–Crippen LogP) is 4.95. The van der Waals surface area contributed by atoms with Gasteiger partial charge in [-0.2, -0.15) is 0 Å². The molecule has 33 heavy (non-hydrogen) atoms. The van der Waals surface area contributed by atoms with Gasteiger partial charge in [0.05, 0.1) is 24.7 Å². The van der Waals surface area contributed by atoms with E-state index < -0.39 is 0 Å². The summed E-state index contributed by atoms with van der Waals surface area (Å²) in [7, 11) is 1.64. The number of nitrogens with zero attached hydrogens (tertiary/aromatic N) is 3. The molecule has 6 heteroatoms. The van der Waals surface area contributed by atoms with Gasteiger partial charge in [-0.25, -0.2) is 4.98 Å². The first kappa shape index (κ1) is 21.1. The first-order valence-electron chi connectivity index (χ1n) is 11.2. The van der Waals surface area contributed by atoms with Crippen molar-refractivity contribution in [2.75, 3.05) is 25.2 Å². The van der Waals surface area contributed by atoms with Crippen molar-refractivity contribution in [3.63, 3.8) is 0 Å². The van der Waals surface area contributed by atoms with Crippen molar-refractivity contribution in [2.45, 2.75) is 25.8 Å². The van der Waals surface area contributed by atoms with Gasteiger partial charge in [0.25, 0.3) is 0 Å². The molecule has 3 aromatic carbocycles. The molecule has 0 aliphatic carbocycles. The molecule has 168 valence electrons. The summed E-state index contributed by atoms with van der Waals surface area (Å²) in [6.45, 7) is 3.76. The second-order valence-corrected chi connectivity index (χ2v) is 8.30. The molecular weight excluding hydrogens is 414 g/mol. The number of carbonyl (C=O) groups is 1. The number of aromatic nitrogens is 2. The zero-order valence-corrected chi connectivity index (χ0v) is 18.9. The smallest absolute Gasteiger partial charge is 0.227 e. The zero-order valence-electron chi connectivity index (χ0n) is 18.9. The third-order valence-electron chi connectivity index (χ3n) is 6.22. The minimum Gasteiger partial charge on any atom is -0.493 e. The number of hydrogen-bond donors (Lipinski definition) is 0.